The number of methoxy groups -OCH3 is 2. The van der Waals surface area contributed by atoms with Crippen molar-refractivity contribution in [1.82, 2.24) is 4.90 Å². The minimum Gasteiger partial charge on any atom is -0.497 e. The first-order valence-electron chi connectivity index (χ1n) is 10.4. The number of hydrogen-bond donors (Lipinski definition) is 2. The van der Waals surface area contributed by atoms with Gasteiger partial charge in [0.25, 0.3) is 5.91 Å². The molecule has 178 valence electrons. The molecule has 0 aromatic heterocycles. The van der Waals surface area contributed by atoms with Crippen LogP contribution in [0.25, 0.3) is 6.08 Å². The molecule has 2 heterocycles. The van der Waals surface area contributed by atoms with Gasteiger partial charge in [-0.1, -0.05) is 0 Å². The van der Waals surface area contributed by atoms with Gasteiger partial charge in [-0.15, -0.1) is 0 Å². The Bertz CT molecular complexity index is 1170. The fourth-order valence-electron chi connectivity index (χ4n) is 3.90. The highest BCUT2D eigenvalue weighted by Crippen LogP contribution is 2.36. The van der Waals surface area contributed by atoms with Gasteiger partial charge >= 0.3 is 5.97 Å². The van der Waals surface area contributed by atoms with E-state index in [0.717, 1.165) is 4.90 Å². The van der Waals surface area contributed by atoms with Gasteiger partial charge in [0.1, 0.15) is 29.0 Å². The predicted octanol–water partition coefficient (Wildman–Crippen LogP) is 1.75. The first-order chi connectivity index (χ1) is 16.3. The molecule has 10 heteroatoms. The number of aliphatic hydroxyl groups excluding tert-OH is 1. The van der Waals surface area contributed by atoms with Crippen LogP contribution in [-0.2, 0) is 9.59 Å². The Morgan fingerprint density at radius 1 is 1.15 bits per heavy atom. The molecule has 0 aliphatic carbocycles. The van der Waals surface area contributed by atoms with Gasteiger partial charge in [-0.2, -0.15) is 0 Å². The molecule has 2 aliphatic rings. The van der Waals surface area contributed by atoms with Crippen LogP contribution in [0.2, 0.25) is 0 Å². The first-order valence-corrected chi connectivity index (χ1v) is 10.4. The summed E-state index contributed by atoms with van der Waals surface area (Å²) >= 11 is 0. The monoisotopic (exact) mass is 469 g/mol. The number of aliphatic hydroxyl groups is 1. The summed E-state index contributed by atoms with van der Waals surface area (Å²) in [5.74, 6) is -0.312. The first kappa shape index (κ1) is 23.1. The number of carboxylic acid groups (broad SMARTS) is 1. The van der Waals surface area contributed by atoms with Crippen molar-refractivity contribution in [2.75, 3.05) is 27.4 Å². The number of rotatable bonds is 7. The minimum atomic E-state index is -1.18. The van der Waals surface area contributed by atoms with Crippen molar-refractivity contribution in [3.8, 4) is 23.0 Å². The lowest BCUT2D eigenvalue weighted by Crippen LogP contribution is -2.42. The van der Waals surface area contributed by atoms with Gasteiger partial charge in [-0.05, 0) is 36.4 Å². The van der Waals surface area contributed by atoms with Gasteiger partial charge in [-0.25, -0.2) is 4.79 Å². The number of carbonyl (C=O) groups is 3. The SMILES string of the molecule is COc1ccc(OC)c(/C=C2\Oc3cc(OCC(=O)N4CC(O)C[C@H]4C(=O)O)ccc3C2=O)c1. The zero-order valence-electron chi connectivity index (χ0n) is 18.5. The molecule has 1 fully saturated rings. The molecule has 4 rings (SSSR count). The van der Waals surface area contributed by atoms with Crippen LogP contribution in [-0.4, -0.2) is 72.3 Å². The van der Waals surface area contributed by atoms with Gasteiger partial charge in [0, 0.05) is 24.6 Å². The molecular weight excluding hydrogens is 446 g/mol. The molecule has 2 aromatic rings. The summed E-state index contributed by atoms with van der Waals surface area (Å²) in [5, 5.41) is 19.0. The van der Waals surface area contributed by atoms with E-state index in [2.05, 4.69) is 0 Å². The van der Waals surface area contributed by atoms with E-state index in [1.807, 2.05) is 0 Å². The number of hydrogen-bond acceptors (Lipinski definition) is 8. The molecule has 2 aromatic carbocycles. The Balaban J connectivity index is 1.47. The molecule has 1 amide bonds. The van der Waals surface area contributed by atoms with E-state index < -0.39 is 30.6 Å². The number of nitrogens with zero attached hydrogens (tertiary/aromatic N) is 1. The predicted molar refractivity (Wildman–Crippen MR) is 118 cm³/mol. The van der Waals surface area contributed by atoms with Crippen molar-refractivity contribution in [1.29, 1.82) is 0 Å². The number of carboxylic acids is 1. The summed E-state index contributed by atoms with van der Waals surface area (Å²) in [5.41, 5.74) is 0.932. The number of Topliss-reactive ketones (excluding diaryl/α,β-unsaturated/α-hetero) is 1. The van der Waals surface area contributed by atoms with Crippen LogP contribution in [0.15, 0.2) is 42.2 Å². The molecule has 1 unspecified atom stereocenters. The van der Waals surface area contributed by atoms with E-state index in [1.54, 1.807) is 24.3 Å². The Kier molecular flexibility index (Phi) is 6.42. The van der Waals surface area contributed by atoms with Crippen LogP contribution in [0, 0.1) is 0 Å². The molecule has 2 N–H and O–H groups in total. The number of aliphatic carboxylic acids is 1. The minimum absolute atomic E-state index is 0.0247. The number of likely N-dealkylation sites (tertiary alicyclic amines) is 1. The molecule has 2 atom stereocenters. The highest BCUT2D eigenvalue weighted by atomic mass is 16.5. The van der Waals surface area contributed by atoms with E-state index in [-0.39, 0.29) is 36.0 Å². The van der Waals surface area contributed by atoms with Crippen molar-refractivity contribution >= 4 is 23.7 Å². The fraction of sp³-hybridized carbons (Fsp3) is 0.292. The number of allylic oxidation sites excluding steroid dienone is 1. The van der Waals surface area contributed by atoms with Crippen molar-refractivity contribution in [3.63, 3.8) is 0 Å². The molecule has 2 aliphatic heterocycles. The third-order valence-corrected chi connectivity index (χ3v) is 5.61. The summed E-state index contributed by atoms with van der Waals surface area (Å²) in [6.45, 7) is -0.490. The molecule has 0 saturated carbocycles. The van der Waals surface area contributed by atoms with Crippen LogP contribution in [0.3, 0.4) is 0 Å². The molecule has 0 radical (unpaired) electrons. The van der Waals surface area contributed by atoms with E-state index in [1.165, 1.54) is 32.4 Å². The summed E-state index contributed by atoms with van der Waals surface area (Å²) in [6, 6.07) is 8.61. The molecular formula is C24H23NO9. The van der Waals surface area contributed by atoms with Gasteiger partial charge < -0.3 is 34.1 Å². The van der Waals surface area contributed by atoms with Crippen LogP contribution in [0.4, 0.5) is 0 Å². The van der Waals surface area contributed by atoms with Crippen LogP contribution >= 0.6 is 0 Å². The van der Waals surface area contributed by atoms with Crippen LogP contribution in [0.5, 0.6) is 23.0 Å². The van der Waals surface area contributed by atoms with Gasteiger partial charge in [0.15, 0.2) is 12.4 Å². The second kappa shape index (κ2) is 9.44. The van der Waals surface area contributed by atoms with Crippen molar-refractivity contribution < 1.29 is 43.5 Å². The smallest absolute Gasteiger partial charge is 0.326 e. The van der Waals surface area contributed by atoms with E-state index in [9.17, 15) is 24.6 Å². The van der Waals surface area contributed by atoms with E-state index in [4.69, 9.17) is 18.9 Å². The van der Waals surface area contributed by atoms with E-state index in [0.29, 0.717) is 22.6 Å². The number of benzene rings is 2. The van der Waals surface area contributed by atoms with Crippen molar-refractivity contribution in [2.24, 2.45) is 0 Å². The van der Waals surface area contributed by atoms with Gasteiger partial charge in [0.2, 0.25) is 5.78 Å². The van der Waals surface area contributed by atoms with Crippen LogP contribution in [0.1, 0.15) is 22.3 Å². The maximum Gasteiger partial charge on any atom is 0.326 e. The molecule has 1 saturated heterocycles. The number of carbonyl (C=O) groups excluding carboxylic acids is 2. The van der Waals surface area contributed by atoms with Gasteiger partial charge in [0.05, 0.1) is 25.9 Å². The topological polar surface area (TPSA) is 132 Å². The zero-order chi connectivity index (χ0) is 24.4. The number of ether oxygens (including phenoxy) is 4. The fourth-order valence-corrected chi connectivity index (χ4v) is 3.90. The maximum absolute atomic E-state index is 12.8. The summed E-state index contributed by atoms with van der Waals surface area (Å²) in [6.07, 6.45) is 0.638. The Morgan fingerprint density at radius 3 is 2.62 bits per heavy atom. The van der Waals surface area contributed by atoms with Gasteiger partial charge in [-0.3, -0.25) is 9.59 Å². The Hall–Kier alpha value is -4.05. The summed E-state index contributed by atoms with van der Waals surface area (Å²) < 4.78 is 21.8. The second-order valence-corrected chi connectivity index (χ2v) is 7.78. The zero-order valence-corrected chi connectivity index (χ0v) is 18.5. The molecule has 10 nitrogen and oxygen atoms in total. The molecule has 0 bridgehead atoms. The third kappa shape index (κ3) is 4.53. The second-order valence-electron chi connectivity index (χ2n) is 7.78. The highest BCUT2D eigenvalue weighted by molar-refractivity contribution is 6.14. The largest absolute Gasteiger partial charge is 0.497 e. The average molecular weight is 469 g/mol. The van der Waals surface area contributed by atoms with E-state index >= 15 is 0 Å². The average Bonchev–Trinajstić information content (AvgIpc) is 3.37. The normalized spacial score (nSPS) is 20.1. The number of fused-ring (bicyclic) bond motifs is 1. The lowest BCUT2D eigenvalue weighted by Gasteiger charge is -2.21. The maximum atomic E-state index is 12.8. The number of ketones is 1. The molecule has 34 heavy (non-hydrogen) atoms. The lowest BCUT2D eigenvalue weighted by molar-refractivity contribution is -0.148. The third-order valence-electron chi connectivity index (χ3n) is 5.61. The lowest BCUT2D eigenvalue weighted by atomic mass is 10.1. The van der Waals surface area contributed by atoms with Crippen molar-refractivity contribution in [3.05, 3.63) is 53.3 Å². The van der Waals surface area contributed by atoms with Crippen LogP contribution < -0.4 is 18.9 Å². The Morgan fingerprint density at radius 2 is 1.91 bits per heavy atom. The standard InChI is InChI=1S/C24H23NO9/c1-31-15-4-6-19(32-2)13(7-15)8-21-23(28)17-5-3-16(10-20(17)34-21)33-12-22(27)25-11-14(26)9-18(25)24(29)30/h3-8,10,14,18,26H,9,11-12H2,1-2H3,(H,29,30)/b21-8-/t14?,18-/m0/s1. The summed E-state index contributed by atoms with van der Waals surface area (Å²) in [7, 11) is 3.05. The molecule has 0 spiro atoms. The highest BCUT2D eigenvalue weighted by Gasteiger charge is 2.39. The Labute approximate surface area is 194 Å². The number of amides is 1. The van der Waals surface area contributed by atoms with Crippen molar-refractivity contribution in [2.45, 2.75) is 18.6 Å². The number of β-amino-alcohol motifs (C(OH)–C–C–N with tert-alkyl or cyclic N) is 1. The summed E-state index contributed by atoms with van der Waals surface area (Å²) in [4.78, 5) is 37.6. The quantitative estimate of drug-likeness (QED) is 0.582.